The topological polar surface area (TPSA) is 49.8 Å². The molecule has 1 aromatic rings. The lowest BCUT2D eigenvalue weighted by atomic mass is 10.2. The van der Waals surface area contributed by atoms with E-state index in [4.69, 9.17) is 9.84 Å². The van der Waals surface area contributed by atoms with E-state index in [9.17, 15) is 4.79 Å². The molecule has 0 fully saturated rings. The third-order valence-electron chi connectivity index (χ3n) is 3.11. The molecule has 0 aliphatic heterocycles. The molecule has 0 atom stereocenters. The van der Waals surface area contributed by atoms with Crippen LogP contribution in [0.1, 0.15) is 38.2 Å². The first-order valence-corrected chi connectivity index (χ1v) is 7.34. The molecule has 0 aliphatic rings. The Labute approximate surface area is 121 Å². The second kappa shape index (κ2) is 10.3. The molecule has 0 spiro atoms. The van der Waals surface area contributed by atoms with E-state index in [1.165, 1.54) is 12.8 Å². The van der Waals surface area contributed by atoms with Gasteiger partial charge < -0.3 is 14.7 Å². The maximum atomic E-state index is 12.0. The summed E-state index contributed by atoms with van der Waals surface area (Å²) < 4.78 is 5.28. The lowest BCUT2D eigenvalue weighted by Crippen LogP contribution is -2.34. The molecule has 4 nitrogen and oxygen atoms in total. The fraction of sp³-hybridized carbons (Fsp3) is 0.562. The van der Waals surface area contributed by atoms with Crippen LogP contribution in [0.25, 0.3) is 0 Å². The minimum absolute atomic E-state index is 0.0335. The van der Waals surface area contributed by atoms with E-state index in [2.05, 4.69) is 6.92 Å². The summed E-state index contributed by atoms with van der Waals surface area (Å²) in [7, 11) is 0. The molecular formula is C16H25NO3. The van der Waals surface area contributed by atoms with Crippen molar-refractivity contribution < 1.29 is 14.6 Å². The number of carbonyl (C=O) groups is 1. The van der Waals surface area contributed by atoms with Crippen molar-refractivity contribution in [3.8, 4) is 0 Å². The lowest BCUT2D eigenvalue weighted by molar-refractivity contribution is 0.0878. The number of ether oxygens (including phenoxy) is 1. The fourth-order valence-corrected chi connectivity index (χ4v) is 1.96. The van der Waals surface area contributed by atoms with E-state index in [1.54, 1.807) is 4.90 Å². The number of nitrogens with zero attached hydrogens (tertiary/aromatic N) is 1. The lowest BCUT2D eigenvalue weighted by Gasteiger charge is -2.21. The van der Waals surface area contributed by atoms with Crippen molar-refractivity contribution in [3.05, 3.63) is 35.9 Å². The van der Waals surface area contributed by atoms with E-state index in [-0.39, 0.29) is 19.3 Å². The maximum absolute atomic E-state index is 12.0. The van der Waals surface area contributed by atoms with Crippen LogP contribution in [0.15, 0.2) is 30.3 Å². The molecule has 0 heterocycles. The van der Waals surface area contributed by atoms with Gasteiger partial charge in [-0.3, -0.25) is 0 Å². The van der Waals surface area contributed by atoms with Gasteiger partial charge in [0.15, 0.2) is 0 Å². The highest BCUT2D eigenvalue weighted by Crippen LogP contribution is 2.06. The number of amides is 1. The molecule has 0 aromatic heterocycles. The first kappa shape index (κ1) is 16.5. The van der Waals surface area contributed by atoms with Gasteiger partial charge in [0.2, 0.25) is 0 Å². The monoisotopic (exact) mass is 279 g/mol. The Bertz CT molecular complexity index is 367. The van der Waals surface area contributed by atoms with Gasteiger partial charge in [-0.15, -0.1) is 0 Å². The number of hydrogen-bond donors (Lipinski definition) is 1. The van der Waals surface area contributed by atoms with Crippen molar-refractivity contribution in [1.29, 1.82) is 0 Å². The Kier molecular flexibility index (Phi) is 8.47. The van der Waals surface area contributed by atoms with Gasteiger partial charge in [-0.05, 0) is 12.0 Å². The molecule has 0 aliphatic carbocycles. The summed E-state index contributed by atoms with van der Waals surface area (Å²) in [6, 6.07) is 9.60. The minimum Gasteiger partial charge on any atom is -0.445 e. The number of benzene rings is 1. The molecule has 1 aromatic carbocycles. The van der Waals surface area contributed by atoms with Crippen molar-refractivity contribution in [2.45, 2.75) is 39.2 Å². The van der Waals surface area contributed by atoms with E-state index >= 15 is 0 Å². The predicted octanol–water partition coefficient (Wildman–Crippen LogP) is 3.20. The molecule has 0 radical (unpaired) electrons. The highest BCUT2D eigenvalue weighted by atomic mass is 16.6. The molecular weight excluding hydrogens is 254 g/mol. The second-order valence-electron chi connectivity index (χ2n) is 4.81. The number of carbonyl (C=O) groups excluding carboxylic acids is 1. The molecule has 112 valence electrons. The Morgan fingerprint density at radius 3 is 2.55 bits per heavy atom. The van der Waals surface area contributed by atoms with Crippen molar-refractivity contribution >= 4 is 6.09 Å². The number of unbranched alkanes of at least 4 members (excludes halogenated alkanes) is 3. The third-order valence-corrected chi connectivity index (χ3v) is 3.11. The highest BCUT2D eigenvalue weighted by Gasteiger charge is 2.13. The molecule has 0 bridgehead atoms. The van der Waals surface area contributed by atoms with Gasteiger partial charge in [-0.2, -0.15) is 0 Å². The molecule has 0 saturated heterocycles. The SMILES string of the molecule is CCCCCCN(CCO)C(=O)OCc1ccccc1. The number of rotatable bonds is 9. The Morgan fingerprint density at radius 2 is 1.90 bits per heavy atom. The molecule has 0 saturated carbocycles. The van der Waals surface area contributed by atoms with Gasteiger partial charge in [-0.25, -0.2) is 4.79 Å². The van der Waals surface area contributed by atoms with Crippen LogP contribution in [0.5, 0.6) is 0 Å². The standard InChI is InChI=1S/C16H25NO3/c1-2-3-4-8-11-17(12-13-18)16(19)20-14-15-9-6-5-7-10-15/h5-7,9-10,18H,2-4,8,11-14H2,1H3. The minimum atomic E-state index is -0.348. The molecule has 1 rings (SSSR count). The number of aliphatic hydroxyl groups is 1. The second-order valence-corrected chi connectivity index (χ2v) is 4.81. The summed E-state index contributed by atoms with van der Waals surface area (Å²) in [6.07, 6.45) is 4.04. The van der Waals surface area contributed by atoms with Gasteiger partial charge in [0.1, 0.15) is 6.61 Å². The van der Waals surface area contributed by atoms with Crippen molar-refractivity contribution in [2.24, 2.45) is 0 Å². The highest BCUT2D eigenvalue weighted by molar-refractivity contribution is 5.67. The van der Waals surface area contributed by atoms with Crippen LogP contribution in [-0.2, 0) is 11.3 Å². The van der Waals surface area contributed by atoms with Crippen LogP contribution < -0.4 is 0 Å². The van der Waals surface area contributed by atoms with Crippen LogP contribution >= 0.6 is 0 Å². The number of hydrogen-bond acceptors (Lipinski definition) is 3. The summed E-state index contributed by atoms with van der Waals surface area (Å²) in [4.78, 5) is 13.5. The first-order valence-electron chi connectivity index (χ1n) is 7.34. The quantitative estimate of drug-likeness (QED) is 0.706. The van der Waals surface area contributed by atoms with Crippen molar-refractivity contribution in [2.75, 3.05) is 19.7 Å². The van der Waals surface area contributed by atoms with Gasteiger partial charge in [0.25, 0.3) is 0 Å². The largest absolute Gasteiger partial charge is 0.445 e. The molecule has 0 unspecified atom stereocenters. The normalized spacial score (nSPS) is 10.3. The zero-order valence-corrected chi connectivity index (χ0v) is 12.3. The average molecular weight is 279 g/mol. The summed E-state index contributed by atoms with van der Waals surface area (Å²) >= 11 is 0. The zero-order chi connectivity index (χ0) is 14.6. The Morgan fingerprint density at radius 1 is 1.15 bits per heavy atom. The van der Waals surface area contributed by atoms with E-state index in [1.807, 2.05) is 30.3 Å². The Balaban J connectivity index is 2.35. The summed E-state index contributed by atoms with van der Waals surface area (Å²) in [5.41, 5.74) is 0.968. The maximum Gasteiger partial charge on any atom is 0.410 e. The number of aliphatic hydroxyl groups excluding tert-OH is 1. The van der Waals surface area contributed by atoms with Gasteiger partial charge in [-0.1, -0.05) is 56.5 Å². The van der Waals surface area contributed by atoms with Gasteiger partial charge in [0.05, 0.1) is 6.61 Å². The van der Waals surface area contributed by atoms with Crippen molar-refractivity contribution in [1.82, 2.24) is 4.90 Å². The van der Waals surface area contributed by atoms with Crippen LogP contribution in [0.4, 0.5) is 4.79 Å². The van der Waals surface area contributed by atoms with Gasteiger partial charge >= 0.3 is 6.09 Å². The van der Waals surface area contributed by atoms with E-state index in [0.717, 1.165) is 18.4 Å². The predicted molar refractivity (Wildman–Crippen MR) is 79.4 cm³/mol. The van der Waals surface area contributed by atoms with Gasteiger partial charge in [0, 0.05) is 13.1 Å². The third kappa shape index (κ3) is 6.57. The molecule has 4 heteroatoms. The van der Waals surface area contributed by atoms with Crippen LogP contribution in [-0.4, -0.2) is 35.8 Å². The first-order chi connectivity index (χ1) is 9.77. The van der Waals surface area contributed by atoms with Crippen LogP contribution in [0, 0.1) is 0 Å². The van der Waals surface area contributed by atoms with Crippen LogP contribution in [0.2, 0.25) is 0 Å². The van der Waals surface area contributed by atoms with E-state index in [0.29, 0.717) is 13.1 Å². The summed E-state index contributed by atoms with van der Waals surface area (Å²) in [6.45, 7) is 3.37. The van der Waals surface area contributed by atoms with Crippen LogP contribution in [0.3, 0.4) is 0 Å². The summed E-state index contributed by atoms with van der Waals surface area (Å²) in [5, 5.41) is 9.02. The smallest absolute Gasteiger partial charge is 0.410 e. The average Bonchev–Trinajstić information content (AvgIpc) is 2.49. The van der Waals surface area contributed by atoms with E-state index < -0.39 is 0 Å². The van der Waals surface area contributed by atoms with Crippen molar-refractivity contribution in [3.63, 3.8) is 0 Å². The zero-order valence-electron chi connectivity index (χ0n) is 12.3. The molecule has 1 N–H and O–H groups in total. The fourth-order valence-electron chi connectivity index (χ4n) is 1.96. The molecule has 1 amide bonds. The summed E-state index contributed by atoms with van der Waals surface area (Å²) in [5.74, 6) is 0. The Hall–Kier alpha value is -1.55. The molecule has 20 heavy (non-hydrogen) atoms.